The molecular formula is C18H21N3O. The lowest BCUT2D eigenvalue weighted by atomic mass is 9.99. The van der Waals surface area contributed by atoms with Crippen LogP contribution in [0.25, 0.3) is 11.3 Å². The fraction of sp³-hybridized carbons (Fsp3) is 0.444. The minimum Gasteiger partial charge on any atom is -0.508 e. The maximum Gasteiger partial charge on any atom is 0.126 e. The van der Waals surface area contributed by atoms with Crippen molar-refractivity contribution in [3.8, 4) is 17.0 Å². The molecular weight excluding hydrogens is 274 g/mol. The van der Waals surface area contributed by atoms with E-state index in [1.807, 2.05) is 19.1 Å². The fourth-order valence-corrected chi connectivity index (χ4v) is 3.27. The molecule has 2 heterocycles. The number of benzene rings is 1. The van der Waals surface area contributed by atoms with Crippen molar-refractivity contribution in [3.63, 3.8) is 0 Å². The molecule has 1 aromatic carbocycles. The first-order chi connectivity index (χ1) is 10.7. The minimum atomic E-state index is 0.291. The van der Waals surface area contributed by atoms with Crippen LogP contribution in [0.4, 0.5) is 0 Å². The Bertz CT molecular complexity index is 692. The summed E-state index contributed by atoms with van der Waals surface area (Å²) in [5.41, 5.74) is 4.56. The smallest absolute Gasteiger partial charge is 0.126 e. The number of aromatic hydroxyl groups is 1. The molecule has 1 fully saturated rings. The van der Waals surface area contributed by atoms with Gasteiger partial charge in [0.1, 0.15) is 11.6 Å². The second-order valence-electron chi connectivity index (χ2n) is 6.52. The molecule has 114 valence electrons. The van der Waals surface area contributed by atoms with Crippen molar-refractivity contribution in [3.05, 3.63) is 41.3 Å². The highest BCUT2D eigenvalue weighted by atomic mass is 16.3. The van der Waals surface area contributed by atoms with Crippen LogP contribution in [-0.2, 0) is 13.0 Å². The lowest BCUT2D eigenvalue weighted by molar-refractivity contribution is 0.241. The van der Waals surface area contributed by atoms with Crippen LogP contribution in [0.1, 0.15) is 29.9 Å². The first-order valence-electron chi connectivity index (χ1n) is 8.07. The van der Waals surface area contributed by atoms with Gasteiger partial charge in [0.05, 0.1) is 11.4 Å². The largest absolute Gasteiger partial charge is 0.508 e. The summed E-state index contributed by atoms with van der Waals surface area (Å²) in [6.07, 6.45) is 3.79. The Labute approximate surface area is 130 Å². The number of hydrogen-bond donors (Lipinski definition) is 1. The molecule has 1 aliphatic heterocycles. The Morgan fingerprint density at radius 1 is 1.18 bits per heavy atom. The van der Waals surface area contributed by atoms with Crippen LogP contribution in [0.15, 0.2) is 24.3 Å². The number of aromatic nitrogens is 2. The number of aryl methyl sites for hydroxylation is 1. The molecule has 0 amide bonds. The summed E-state index contributed by atoms with van der Waals surface area (Å²) in [6.45, 7) is 5.22. The van der Waals surface area contributed by atoms with Crippen molar-refractivity contribution in [1.82, 2.24) is 14.9 Å². The Morgan fingerprint density at radius 3 is 2.68 bits per heavy atom. The third-order valence-electron chi connectivity index (χ3n) is 4.61. The van der Waals surface area contributed by atoms with Crippen molar-refractivity contribution in [2.45, 2.75) is 32.7 Å². The summed E-state index contributed by atoms with van der Waals surface area (Å²) in [6, 6.07) is 7.34. The molecule has 4 rings (SSSR count). The van der Waals surface area contributed by atoms with Crippen molar-refractivity contribution < 1.29 is 5.11 Å². The first kappa shape index (κ1) is 13.7. The van der Waals surface area contributed by atoms with E-state index in [2.05, 4.69) is 9.88 Å². The van der Waals surface area contributed by atoms with Gasteiger partial charge in [-0.3, -0.25) is 4.90 Å². The van der Waals surface area contributed by atoms with Crippen molar-refractivity contribution >= 4 is 0 Å². The normalized spacial score (nSPS) is 18.2. The van der Waals surface area contributed by atoms with Gasteiger partial charge >= 0.3 is 0 Å². The molecule has 0 bridgehead atoms. The molecule has 1 saturated carbocycles. The van der Waals surface area contributed by atoms with E-state index in [0.29, 0.717) is 5.75 Å². The van der Waals surface area contributed by atoms with Crippen LogP contribution in [0.5, 0.6) is 5.75 Å². The van der Waals surface area contributed by atoms with Gasteiger partial charge in [-0.25, -0.2) is 9.97 Å². The van der Waals surface area contributed by atoms with Gasteiger partial charge in [-0.1, -0.05) is 0 Å². The molecule has 4 heteroatoms. The third-order valence-corrected chi connectivity index (χ3v) is 4.61. The molecule has 2 aliphatic rings. The summed E-state index contributed by atoms with van der Waals surface area (Å²) < 4.78 is 0. The van der Waals surface area contributed by atoms with Crippen molar-refractivity contribution in [2.75, 3.05) is 13.1 Å². The third kappa shape index (κ3) is 2.71. The molecule has 1 N–H and O–H groups in total. The van der Waals surface area contributed by atoms with Gasteiger partial charge in [0.15, 0.2) is 0 Å². The first-order valence-corrected chi connectivity index (χ1v) is 8.07. The molecule has 0 radical (unpaired) electrons. The summed E-state index contributed by atoms with van der Waals surface area (Å²) in [5.74, 6) is 2.03. The van der Waals surface area contributed by atoms with Gasteiger partial charge in [-0.2, -0.15) is 0 Å². The lowest BCUT2D eigenvalue weighted by Gasteiger charge is -2.29. The van der Waals surface area contributed by atoms with Gasteiger partial charge < -0.3 is 5.11 Å². The fourth-order valence-electron chi connectivity index (χ4n) is 3.27. The van der Waals surface area contributed by atoms with E-state index in [9.17, 15) is 5.11 Å². The van der Waals surface area contributed by atoms with Crippen LogP contribution in [0, 0.1) is 12.8 Å². The maximum absolute atomic E-state index is 9.50. The van der Waals surface area contributed by atoms with E-state index in [1.54, 1.807) is 12.1 Å². The van der Waals surface area contributed by atoms with Gasteiger partial charge in [0, 0.05) is 37.2 Å². The summed E-state index contributed by atoms with van der Waals surface area (Å²) >= 11 is 0. The molecule has 0 unspecified atom stereocenters. The number of phenols is 1. The van der Waals surface area contributed by atoms with Crippen LogP contribution in [-0.4, -0.2) is 33.1 Å². The van der Waals surface area contributed by atoms with Crippen LogP contribution >= 0.6 is 0 Å². The summed E-state index contributed by atoms with van der Waals surface area (Å²) in [7, 11) is 0. The lowest BCUT2D eigenvalue weighted by Crippen LogP contribution is -2.33. The Hall–Kier alpha value is -1.94. The van der Waals surface area contributed by atoms with Crippen molar-refractivity contribution in [2.24, 2.45) is 5.92 Å². The van der Waals surface area contributed by atoms with Gasteiger partial charge in [0.2, 0.25) is 0 Å². The van der Waals surface area contributed by atoms with Gasteiger partial charge in [-0.05, 0) is 49.9 Å². The molecule has 0 spiro atoms. The quantitative estimate of drug-likeness (QED) is 0.946. The second-order valence-corrected chi connectivity index (χ2v) is 6.52. The van der Waals surface area contributed by atoms with E-state index in [-0.39, 0.29) is 0 Å². The van der Waals surface area contributed by atoms with Gasteiger partial charge in [-0.15, -0.1) is 0 Å². The average molecular weight is 295 g/mol. The molecule has 4 nitrogen and oxygen atoms in total. The number of fused-ring (bicyclic) bond motifs is 1. The average Bonchev–Trinajstić information content (AvgIpc) is 3.32. The van der Waals surface area contributed by atoms with Gasteiger partial charge in [0.25, 0.3) is 0 Å². The molecule has 1 aliphatic carbocycles. The predicted molar refractivity (Wildman–Crippen MR) is 85.6 cm³/mol. The molecule has 0 atom stereocenters. The Kier molecular flexibility index (Phi) is 3.34. The Morgan fingerprint density at radius 2 is 1.95 bits per heavy atom. The highest BCUT2D eigenvalue weighted by molar-refractivity contribution is 5.65. The van der Waals surface area contributed by atoms with E-state index in [0.717, 1.165) is 42.5 Å². The number of nitrogens with zero attached hydrogens (tertiary/aromatic N) is 3. The molecule has 22 heavy (non-hydrogen) atoms. The monoisotopic (exact) mass is 295 g/mol. The molecule has 0 saturated heterocycles. The van der Waals surface area contributed by atoms with E-state index in [4.69, 9.17) is 4.98 Å². The second kappa shape index (κ2) is 5.36. The number of rotatable bonds is 3. The van der Waals surface area contributed by atoms with E-state index >= 15 is 0 Å². The number of hydrogen-bond acceptors (Lipinski definition) is 4. The Balaban J connectivity index is 1.71. The van der Waals surface area contributed by atoms with Crippen LogP contribution < -0.4 is 0 Å². The van der Waals surface area contributed by atoms with E-state index < -0.39 is 0 Å². The van der Waals surface area contributed by atoms with E-state index in [1.165, 1.54) is 30.6 Å². The van der Waals surface area contributed by atoms with Crippen molar-refractivity contribution in [1.29, 1.82) is 0 Å². The zero-order valence-electron chi connectivity index (χ0n) is 12.9. The summed E-state index contributed by atoms with van der Waals surface area (Å²) in [5, 5.41) is 9.50. The SMILES string of the molecule is Cc1nc2c(c(-c3ccc(O)cc3)n1)CN(CC1CC1)CC2. The summed E-state index contributed by atoms with van der Waals surface area (Å²) in [4.78, 5) is 11.9. The maximum atomic E-state index is 9.50. The topological polar surface area (TPSA) is 49.3 Å². The zero-order valence-corrected chi connectivity index (χ0v) is 12.9. The highest BCUT2D eigenvalue weighted by Gasteiger charge is 2.28. The zero-order chi connectivity index (χ0) is 15.1. The van der Waals surface area contributed by atoms with Crippen LogP contribution in [0.2, 0.25) is 0 Å². The van der Waals surface area contributed by atoms with Crippen LogP contribution in [0.3, 0.4) is 0 Å². The molecule has 1 aromatic heterocycles. The molecule has 2 aromatic rings. The number of phenolic OH excluding ortho intramolecular Hbond substituents is 1. The standard InChI is InChI=1S/C18H21N3O/c1-12-19-17-8-9-21(10-13-2-3-13)11-16(17)18(20-12)14-4-6-15(22)7-5-14/h4-7,13,22H,2-3,8-11H2,1H3. The minimum absolute atomic E-state index is 0.291. The predicted octanol–water partition coefficient (Wildman–Crippen LogP) is 2.93. The highest BCUT2D eigenvalue weighted by Crippen LogP contribution is 2.33.